The molecule has 0 saturated carbocycles. The molecule has 0 radical (unpaired) electrons. The molecule has 310 valence electrons. The van der Waals surface area contributed by atoms with Crippen LogP contribution >= 0.6 is 39.1 Å². The predicted molar refractivity (Wildman–Crippen MR) is 235 cm³/mol. The summed E-state index contributed by atoms with van der Waals surface area (Å²) in [7, 11) is 3.01. The topological polar surface area (TPSA) is 123 Å². The van der Waals surface area contributed by atoms with Crippen LogP contribution in [0.25, 0.3) is 0 Å². The first-order valence-corrected chi connectivity index (χ1v) is 19.6. The van der Waals surface area contributed by atoms with E-state index < -0.39 is 23.4 Å². The first kappa shape index (κ1) is 54.2. The Morgan fingerprint density at radius 3 is 1.41 bits per heavy atom. The van der Waals surface area contributed by atoms with E-state index in [9.17, 15) is 19.2 Å². The summed E-state index contributed by atoms with van der Waals surface area (Å²) >= 11 is 15.1. The third kappa shape index (κ3) is 21.8. The number of carbonyl (C=O) groups is 4. The van der Waals surface area contributed by atoms with Crippen molar-refractivity contribution in [3.8, 4) is 0 Å². The molecule has 14 heteroatoms. The van der Waals surface area contributed by atoms with Crippen molar-refractivity contribution in [2.24, 2.45) is 0 Å². The molecule has 0 fully saturated rings. The molecule has 0 aliphatic heterocycles. The molecule has 0 spiro atoms. The van der Waals surface area contributed by atoms with Crippen LogP contribution in [0.1, 0.15) is 98.7 Å². The fraction of sp³-hybridized carbons (Fsp3) is 0.341. The molecule has 4 aromatic carbocycles. The van der Waals surface area contributed by atoms with Crippen LogP contribution in [0.4, 0.5) is 21.0 Å². The zero-order valence-corrected chi connectivity index (χ0v) is 38.7. The van der Waals surface area contributed by atoms with Crippen molar-refractivity contribution in [1.82, 2.24) is 5.06 Å². The number of ether oxygens (including phenoxy) is 2. The normalized spacial score (nSPS) is 10.3. The van der Waals surface area contributed by atoms with Gasteiger partial charge in [0.1, 0.15) is 11.2 Å². The molecule has 2 N–H and O–H groups in total. The van der Waals surface area contributed by atoms with Gasteiger partial charge in [-0.25, -0.2) is 14.7 Å². The summed E-state index contributed by atoms with van der Waals surface area (Å²) in [6, 6.07) is 24.3. The fourth-order valence-electron chi connectivity index (χ4n) is 4.08. The number of benzene rings is 4. The quantitative estimate of drug-likeness (QED) is 0.0820. The van der Waals surface area contributed by atoms with E-state index in [4.69, 9.17) is 37.5 Å². The molecule has 4 rings (SSSR count). The van der Waals surface area contributed by atoms with Gasteiger partial charge in [-0.3, -0.25) is 25.1 Å². The van der Waals surface area contributed by atoms with Gasteiger partial charge in [0.25, 0.3) is 5.91 Å². The number of unbranched alkanes of at least 4 members (excludes halogenated alkanes) is 1. The number of hydrogen-bond acceptors (Lipinski definition) is 7. The Morgan fingerprint density at radius 2 is 1.05 bits per heavy atom. The molecule has 0 heterocycles. The SMILES string of the molecule is CC(C)(C)OC(=O)Nc1ccc(Br)cc1.CON(C)C(=O)c1ccc(Cl)c(C)c1.Cc1cc(C(=O)c2ccc(NC(=O)OC(C)(C)C)cc2)ccc1Cl.[CH2-]CCC.[Li+]. The van der Waals surface area contributed by atoms with Gasteiger partial charge in [0, 0.05) is 49.6 Å². The largest absolute Gasteiger partial charge is 1.00 e. The van der Waals surface area contributed by atoms with Crippen molar-refractivity contribution >= 4 is 74.4 Å². The van der Waals surface area contributed by atoms with Crippen LogP contribution in [0.5, 0.6) is 0 Å². The summed E-state index contributed by atoms with van der Waals surface area (Å²) in [5.41, 5.74) is 3.65. The van der Waals surface area contributed by atoms with Crippen LogP contribution in [-0.2, 0) is 14.3 Å². The fourth-order valence-corrected chi connectivity index (χ4v) is 4.58. The van der Waals surface area contributed by atoms with Gasteiger partial charge < -0.3 is 16.4 Å². The van der Waals surface area contributed by atoms with Crippen LogP contribution in [0.2, 0.25) is 10.0 Å². The Labute approximate surface area is 374 Å². The number of aryl methyl sites for hydroxylation is 2. The average Bonchev–Trinajstić information content (AvgIpc) is 3.13. The summed E-state index contributed by atoms with van der Waals surface area (Å²) in [6.45, 7) is 20.3. The smallest absolute Gasteiger partial charge is 0.444 e. The molecule has 10 nitrogen and oxygen atoms in total. The second-order valence-electron chi connectivity index (χ2n) is 14.4. The summed E-state index contributed by atoms with van der Waals surface area (Å²) in [6.07, 6.45) is 1.31. The van der Waals surface area contributed by atoms with Gasteiger partial charge in [0.05, 0.1) is 7.11 Å². The number of amides is 3. The first-order chi connectivity index (χ1) is 26.5. The standard InChI is InChI=1S/C19H20ClNO3.C11H14BrNO2.C10H12ClNO2.C4H9.Li/c1-12-11-14(7-10-16(12)20)17(22)13-5-8-15(9-6-13)21-18(23)24-19(2,3)4;1-11(2,3)15-10(14)13-9-6-4-8(12)5-7-9;1-7-6-8(4-5-9(7)11)10(13)12(2)14-3;1-3-4-2;/h5-11H,1-4H3,(H,21,23);4-7H,1-3H3,(H,13,14);4-6H,1-3H3;1,3-4H2,2H3;/q;;;-1;+1. The maximum Gasteiger partial charge on any atom is 1.00 e. The monoisotopic (exact) mass is 893 g/mol. The third-order valence-electron chi connectivity index (χ3n) is 7.02. The maximum atomic E-state index is 12.5. The number of hydrogen-bond donors (Lipinski definition) is 2. The number of ketones is 1. The van der Waals surface area contributed by atoms with Crippen LogP contribution in [0.15, 0.2) is 89.4 Å². The molecule has 0 atom stereocenters. The summed E-state index contributed by atoms with van der Waals surface area (Å²) in [5, 5.41) is 7.73. The van der Waals surface area contributed by atoms with Crippen molar-refractivity contribution in [3.63, 3.8) is 0 Å². The molecule has 0 bridgehead atoms. The van der Waals surface area contributed by atoms with Gasteiger partial charge in [-0.15, -0.1) is 0 Å². The number of halogens is 3. The van der Waals surface area contributed by atoms with Crippen molar-refractivity contribution < 1.29 is 52.4 Å². The number of anilines is 2. The van der Waals surface area contributed by atoms with E-state index in [1.165, 1.54) is 18.6 Å². The van der Waals surface area contributed by atoms with E-state index in [1.54, 1.807) is 101 Å². The Morgan fingerprint density at radius 1 is 0.690 bits per heavy atom. The van der Waals surface area contributed by atoms with Crippen molar-refractivity contribution in [3.05, 3.63) is 134 Å². The maximum absolute atomic E-state index is 12.5. The van der Waals surface area contributed by atoms with Crippen LogP contribution in [0, 0.1) is 20.8 Å². The molecule has 0 aromatic heterocycles. The summed E-state index contributed by atoms with van der Waals surface area (Å²) in [5.74, 6) is -0.286. The Bertz CT molecular complexity index is 1910. The number of nitrogens with one attached hydrogen (secondary N) is 2. The minimum Gasteiger partial charge on any atom is -0.444 e. The second kappa shape index (κ2) is 26.3. The molecule has 0 saturated heterocycles. The average molecular weight is 896 g/mol. The zero-order valence-electron chi connectivity index (χ0n) is 35.6. The van der Waals surface area contributed by atoms with E-state index in [1.807, 2.05) is 46.8 Å². The van der Waals surface area contributed by atoms with E-state index in [2.05, 4.69) is 40.4 Å². The molecule has 4 aromatic rings. The van der Waals surface area contributed by atoms with Crippen molar-refractivity contribution in [2.45, 2.75) is 86.4 Å². The number of carbonyl (C=O) groups excluding carboxylic acids is 4. The molecule has 3 amide bonds. The van der Waals surface area contributed by atoms with Crippen molar-refractivity contribution in [1.29, 1.82) is 0 Å². The number of rotatable bonds is 7. The second-order valence-corrected chi connectivity index (χ2v) is 16.2. The molecule has 0 unspecified atom stereocenters. The van der Waals surface area contributed by atoms with Gasteiger partial charge in [0.15, 0.2) is 5.78 Å². The van der Waals surface area contributed by atoms with E-state index >= 15 is 0 Å². The van der Waals surface area contributed by atoms with Gasteiger partial charge in [-0.05, 0) is 151 Å². The first-order valence-electron chi connectivity index (χ1n) is 18.0. The minimum absolute atomic E-state index is 0. The molecular formula is C44H55BrCl2LiN3O7. The van der Waals surface area contributed by atoms with Crippen LogP contribution in [0.3, 0.4) is 0 Å². The minimum atomic E-state index is -0.563. The Hall–Kier alpha value is -3.82. The van der Waals surface area contributed by atoms with Crippen LogP contribution in [-0.4, -0.2) is 54.3 Å². The van der Waals surface area contributed by atoms with E-state index in [0.717, 1.165) is 22.0 Å². The summed E-state index contributed by atoms with van der Waals surface area (Å²) < 4.78 is 11.3. The van der Waals surface area contributed by atoms with Crippen molar-refractivity contribution in [2.75, 3.05) is 24.8 Å². The Kier molecular flexibility index (Phi) is 24.6. The zero-order chi connectivity index (χ0) is 43.5. The van der Waals surface area contributed by atoms with Gasteiger partial charge in [-0.1, -0.05) is 52.5 Å². The molecule has 58 heavy (non-hydrogen) atoms. The van der Waals surface area contributed by atoms with Crippen LogP contribution < -0.4 is 29.5 Å². The molecular weight excluding hydrogens is 840 g/mol. The van der Waals surface area contributed by atoms with Gasteiger partial charge in [0.2, 0.25) is 0 Å². The summed E-state index contributed by atoms with van der Waals surface area (Å²) in [4.78, 5) is 52.0. The molecule has 0 aliphatic carbocycles. The van der Waals surface area contributed by atoms with E-state index in [-0.39, 0.29) is 30.6 Å². The third-order valence-corrected chi connectivity index (χ3v) is 8.40. The predicted octanol–water partition coefficient (Wildman–Crippen LogP) is 9.93. The Balaban J connectivity index is 0.000000831. The molecule has 0 aliphatic rings. The number of nitrogens with zero attached hydrogens (tertiary/aromatic N) is 1. The van der Waals surface area contributed by atoms with Gasteiger partial charge in [-0.2, -0.15) is 6.42 Å². The van der Waals surface area contributed by atoms with Gasteiger partial charge >= 0.3 is 31.0 Å². The number of hydroxylamine groups is 2. The van der Waals surface area contributed by atoms with E-state index in [0.29, 0.717) is 38.1 Å².